The third kappa shape index (κ3) is 2.00. The lowest BCUT2D eigenvalue weighted by molar-refractivity contribution is -0.164. The van der Waals surface area contributed by atoms with Crippen LogP contribution in [0.1, 0.15) is 46.0 Å². The van der Waals surface area contributed by atoms with Crippen molar-refractivity contribution in [3.8, 4) is 0 Å². The molecule has 1 N–H and O–H groups in total. The molecule has 1 saturated heterocycles. The summed E-state index contributed by atoms with van der Waals surface area (Å²) in [5.41, 5.74) is 0.0767. The van der Waals surface area contributed by atoms with E-state index in [1.165, 1.54) is 25.7 Å². The predicted octanol–water partition coefficient (Wildman–Crippen LogP) is 1.75. The van der Waals surface area contributed by atoms with Crippen LogP contribution >= 0.6 is 0 Å². The van der Waals surface area contributed by atoms with Crippen molar-refractivity contribution in [3.63, 3.8) is 0 Å². The Balaban J connectivity index is 1.76. The summed E-state index contributed by atoms with van der Waals surface area (Å²) < 4.78 is 5.53. The molecule has 1 amide bonds. The predicted molar refractivity (Wildman–Crippen MR) is 73.6 cm³/mol. The molecule has 1 aliphatic heterocycles. The monoisotopic (exact) mass is 266 g/mol. The second-order valence-electron chi connectivity index (χ2n) is 6.97. The molecule has 0 radical (unpaired) electrons. The lowest BCUT2D eigenvalue weighted by Crippen LogP contribution is -2.65. The van der Waals surface area contributed by atoms with E-state index >= 15 is 0 Å². The minimum atomic E-state index is 0.0767. The molecule has 0 aromatic heterocycles. The summed E-state index contributed by atoms with van der Waals surface area (Å²) in [6.45, 7) is 4.98. The fraction of sp³-hybridized carbons (Fsp3) is 0.933. The van der Waals surface area contributed by atoms with Gasteiger partial charge in [-0.2, -0.15) is 0 Å². The minimum Gasteiger partial charge on any atom is -0.381 e. The Morgan fingerprint density at radius 3 is 2.58 bits per heavy atom. The molecule has 3 fully saturated rings. The summed E-state index contributed by atoms with van der Waals surface area (Å²) in [6, 6.07) is 0.338. The fourth-order valence-corrected chi connectivity index (χ4v) is 4.31. The maximum absolute atomic E-state index is 12.3. The van der Waals surface area contributed by atoms with Crippen LogP contribution in [0.4, 0.5) is 0 Å². The van der Waals surface area contributed by atoms with Crippen molar-refractivity contribution in [1.29, 1.82) is 0 Å². The smallest absolute Gasteiger partial charge is 0.238 e. The summed E-state index contributed by atoms with van der Waals surface area (Å²) in [4.78, 5) is 14.4. The number of carbonyl (C=O) groups excluding carboxylic acids is 1. The summed E-state index contributed by atoms with van der Waals surface area (Å²) in [5, 5.41) is 3.45. The fourth-order valence-electron chi connectivity index (χ4n) is 4.31. The third-order valence-corrected chi connectivity index (χ3v) is 5.64. The van der Waals surface area contributed by atoms with Crippen molar-refractivity contribution in [2.24, 2.45) is 11.3 Å². The Morgan fingerprint density at radius 2 is 2.00 bits per heavy atom. The third-order valence-electron chi connectivity index (χ3n) is 5.64. The zero-order valence-electron chi connectivity index (χ0n) is 12.3. The van der Waals surface area contributed by atoms with Crippen molar-refractivity contribution >= 4 is 5.91 Å². The van der Waals surface area contributed by atoms with Gasteiger partial charge >= 0.3 is 0 Å². The van der Waals surface area contributed by atoms with E-state index in [2.05, 4.69) is 24.1 Å². The van der Waals surface area contributed by atoms with Crippen LogP contribution in [0.5, 0.6) is 0 Å². The van der Waals surface area contributed by atoms with E-state index in [0.29, 0.717) is 18.5 Å². The van der Waals surface area contributed by atoms with Crippen molar-refractivity contribution in [3.05, 3.63) is 0 Å². The van der Waals surface area contributed by atoms with Gasteiger partial charge in [-0.05, 0) is 25.2 Å². The van der Waals surface area contributed by atoms with Crippen LogP contribution in [0.15, 0.2) is 0 Å². The molecule has 3 atom stereocenters. The number of amides is 1. The van der Waals surface area contributed by atoms with Crippen LogP contribution in [0.3, 0.4) is 0 Å². The number of carbonyl (C=O) groups is 1. The second kappa shape index (κ2) is 4.74. The molecule has 0 aromatic carbocycles. The zero-order chi connectivity index (χ0) is 13.6. The standard InChI is InChI=1S/C15H26N2O2/c1-15(2)11(8-12(15)19-3)17-13(18)9-16-14(17)10-6-4-5-7-10/h10-12,14,16H,4-9H2,1-3H3. The summed E-state index contributed by atoms with van der Waals surface area (Å²) in [6.07, 6.45) is 6.72. The largest absolute Gasteiger partial charge is 0.381 e. The number of nitrogens with zero attached hydrogens (tertiary/aromatic N) is 1. The van der Waals surface area contributed by atoms with Crippen LogP contribution in [0, 0.1) is 11.3 Å². The first-order valence-electron chi connectivity index (χ1n) is 7.63. The number of hydrogen-bond donors (Lipinski definition) is 1. The number of rotatable bonds is 3. The molecule has 4 heteroatoms. The van der Waals surface area contributed by atoms with Gasteiger partial charge in [0.25, 0.3) is 0 Å². The lowest BCUT2D eigenvalue weighted by Gasteiger charge is -2.56. The lowest BCUT2D eigenvalue weighted by atomic mass is 9.63. The molecule has 0 spiro atoms. The van der Waals surface area contributed by atoms with Crippen LogP contribution in [0.2, 0.25) is 0 Å². The number of ether oxygens (including phenoxy) is 1. The van der Waals surface area contributed by atoms with Gasteiger partial charge in [0.15, 0.2) is 0 Å². The van der Waals surface area contributed by atoms with Gasteiger partial charge in [-0.3, -0.25) is 10.1 Å². The highest BCUT2D eigenvalue weighted by molar-refractivity contribution is 5.81. The van der Waals surface area contributed by atoms with E-state index in [1.807, 2.05) is 0 Å². The average molecular weight is 266 g/mol. The Morgan fingerprint density at radius 1 is 1.32 bits per heavy atom. The maximum Gasteiger partial charge on any atom is 0.238 e. The molecule has 19 heavy (non-hydrogen) atoms. The zero-order valence-corrected chi connectivity index (χ0v) is 12.3. The first-order valence-corrected chi connectivity index (χ1v) is 7.63. The molecular formula is C15H26N2O2. The molecule has 3 aliphatic rings. The molecular weight excluding hydrogens is 240 g/mol. The Hall–Kier alpha value is -0.610. The number of methoxy groups -OCH3 is 1. The van der Waals surface area contributed by atoms with Gasteiger partial charge in [-0.15, -0.1) is 0 Å². The molecule has 3 rings (SSSR count). The molecule has 3 unspecified atom stereocenters. The van der Waals surface area contributed by atoms with Crippen molar-refractivity contribution in [2.75, 3.05) is 13.7 Å². The molecule has 4 nitrogen and oxygen atoms in total. The first-order chi connectivity index (χ1) is 9.05. The SMILES string of the molecule is COC1CC(N2C(=O)CNC2C2CCCC2)C1(C)C. The molecule has 2 aliphatic carbocycles. The normalized spacial score (nSPS) is 38.8. The average Bonchev–Trinajstić information content (AvgIpc) is 2.99. The van der Waals surface area contributed by atoms with Crippen LogP contribution < -0.4 is 5.32 Å². The highest BCUT2D eigenvalue weighted by Crippen LogP contribution is 2.47. The van der Waals surface area contributed by atoms with Crippen LogP contribution in [-0.2, 0) is 9.53 Å². The van der Waals surface area contributed by atoms with E-state index < -0.39 is 0 Å². The number of nitrogens with one attached hydrogen (secondary N) is 1. The van der Waals surface area contributed by atoms with Gasteiger partial charge < -0.3 is 9.64 Å². The van der Waals surface area contributed by atoms with Gasteiger partial charge in [0.05, 0.1) is 18.8 Å². The van der Waals surface area contributed by atoms with Crippen LogP contribution in [0.25, 0.3) is 0 Å². The molecule has 1 heterocycles. The van der Waals surface area contributed by atoms with Crippen molar-refractivity contribution in [1.82, 2.24) is 10.2 Å². The van der Waals surface area contributed by atoms with Gasteiger partial charge in [0, 0.05) is 18.6 Å². The van der Waals surface area contributed by atoms with E-state index in [9.17, 15) is 4.79 Å². The highest BCUT2D eigenvalue weighted by Gasteiger charge is 2.55. The van der Waals surface area contributed by atoms with E-state index in [-0.39, 0.29) is 23.6 Å². The minimum absolute atomic E-state index is 0.0767. The van der Waals surface area contributed by atoms with Crippen molar-refractivity contribution in [2.45, 2.75) is 64.3 Å². The van der Waals surface area contributed by atoms with E-state index in [0.717, 1.165) is 6.42 Å². The first kappa shape index (κ1) is 13.4. The van der Waals surface area contributed by atoms with Gasteiger partial charge in [0.1, 0.15) is 0 Å². The summed E-state index contributed by atoms with van der Waals surface area (Å²) >= 11 is 0. The Kier molecular flexibility index (Phi) is 3.34. The topological polar surface area (TPSA) is 41.6 Å². The Labute approximate surface area is 115 Å². The molecule has 0 bridgehead atoms. The second-order valence-corrected chi connectivity index (χ2v) is 6.97. The van der Waals surface area contributed by atoms with Crippen LogP contribution in [-0.4, -0.2) is 42.8 Å². The summed E-state index contributed by atoms with van der Waals surface area (Å²) in [7, 11) is 1.78. The maximum atomic E-state index is 12.3. The van der Waals surface area contributed by atoms with Crippen molar-refractivity contribution < 1.29 is 9.53 Å². The highest BCUT2D eigenvalue weighted by atomic mass is 16.5. The number of hydrogen-bond acceptors (Lipinski definition) is 3. The van der Waals surface area contributed by atoms with Gasteiger partial charge in [-0.25, -0.2) is 0 Å². The van der Waals surface area contributed by atoms with Gasteiger partial charge in [-0.1, -0.05) is 26.7 Å². The summed E-state index contributed by atoms with van der Waals surface area (Å²) in [5.74, 6) is 0.938. The van der Waals surface area contributed by atoms with E-state index in [1.54, 1.807) is 7.11 Å². The quantitative estimate of drug-likeness (QED) is 0.846. The molecule has 108 valence electrons. The molecule has 2 saturated carbocycles. The molecule has 0 aromatic rings. The Bertz CT molecular complexity index is 363. The van der Waals surface area contributed by atoms with Gasteiger partial charge in [0.2, 0.25) is 5.91 Å². The van der Waals surface area contributed by atoms with E-state index in [4.69, 9.17) is 4.74 Å².